The molecule has 4 nitrogen and oxygen atoms in total. The van der Waals surface area contributed by atoms with E-state index in [0.717, 1.165) is 45.2 Å². The van der Waals surface area contributed by atoms with Gasteiger partial charge < -0.3 is 15.7 Å². The van der Waals surface area contributed by atoms with Crippen molar-refractivity contribution in [1.82, 2.24) is 4.90 Å². The molecule has 2 fully saturated rings. The summed E-state index contributed by atoms with van der Waals surface area (Å²) < 4.78 is 0. The Kier molecular flexibility index (Phi) is 3.26. The Bertz CT molecular complexity index is 239. The first-order valence-corrected chi connectivity index (χ1v) is 5.92. The first-order chi connectivity index (χ1) is 7.20. The van der Waals surface area contributed by atoms with Gasteiger partial charge in [-0.25, -0.2) is 0 Å². The molecule has 1 saturated carbocycles. The minimum absolute atomic E-state index is 0.0156. The molecule has 0 aromatic carbocycles. The minimum atomic E-state index is -0.486. The lowest BCUT2D eigenvalue weighted by molar-refractivity contribution is -0.133. The van der Waals surface area contributed by atoms with Gasteiger partial charge in [0.25, 0.3) is 0 Å². The number of nitrogens with two attached hydrogens (primary N) is 1. The van der Waals surface area contributed by atoms with Gasteiger partial charge in [-0.3, -0.25) is 4.79 Å². The molecule has 2 aliphatic rings. The lowest BCUT2D eigenvalue weighted by atomic mass is 9.96. The Morgan fingerprint density at radius 2 is 1.93 bits per heavy atom. The van der Waals surface area contributed by atoms with Gasteiger partial charge in [-0.2, -0.15) is 0 Å². The molecule has 4 heteroatoms. The second-order valence-corrected chi connectivity index (χ2v) is 4.72. The van der Waals surface area contributed by atoms with Gasteiger partial charge in [-0.1, -0.05) is 6.42 Å². The lowest BCUT2D eigenvalue weighted by Crippen LogP contribution is -2.48. The van der Waals surface area contributed by atoms with Crippen LogP contribution in [0.2, 0.25) is 0 Å². The summed E-state index contributed by atoms with van der Waals surface area (Å²) in [7, 11) is 0. The number of carbonyl (C=O) groups excluding carboxylic acids is 1. The number of rotatable bonds is 2. The van der Waals surface area contributed by atoms with Crippen LogP contribution in [-0.4, -0.2) is 41.1 Å². The molecule has 1 aliphatic carbocycles. The van der Waals surface area contributed by atoms with Gasteiger partial charge in [0.2, 0.25) is 5.91 Å². The zero-order valence-corrected chi connectivity index (χ0v) is 9.06. The van der Waals surface area contributed by atoms with Gasteiger partial charge >= 0.3 is 0 Å². The van der Waals surface area contributed by atoms with Gasteiger partial charge in [-0.15, -0.1) is 0 Å². The molecule has 2 rings (SSSR count). The maximum absolute atomic E-state index is 12.0. The second kappa shape index (κ2) is 4.49. The number of amides is 1. The molecule has 0 aromatic heterocycles. The molecule has 0 radical (unpaired) electrons. The van der Waals surface area contributed by atoms with Crippen molar-refractivity contribution in [1.29, 1.82) is 0 Å². The molecule has 3 atom stereocenters. The fourth-order valence-corrected chi connectivity index (χ4v) is 2.72. The molecule has 1 saturated heterocycles. The van der Waals surface area contributed by atoms with E-state index < -0.39 is 6.04 Å². The van der Waals surface area contributed by atoms with Crippen LogP contribution >= 0.6 is 0 Å². The Labute approximate surface area is 90.4 Å². The SMILES string of the molecule is NC(C(=O)N1CCCC1)[C@@H]1CCC[C@@H]1O. The van der Waals surface area contributed by atoms with E-state index >= 15 is 0 Å². The number of likely N-dealkylation sites (tertiary alicyclic amines) is 1. The van der Waals surface area contributed by atoms with Crippen LogP contribution in [0.15, 0.2) is 0 Å². The van der Waals surface area contributed by atoms with Crippen LogP contribution in [0.4, 0.5) is 0 Å². The van der Waals surface area contributed by atoms with Gasteiger partial charge in [0.15, 0.2) is 0 Å². The third-order valence-electron chi connectivity index (χ3n) is 3.70. The largest absolute Gasteiger partial charge is 0.393 e. The number of nitrogens with zero attached hydrogens (tertiary/aromatic N) is 1. The van der Waals surface area contributed by atoms with Crippen molar-refractivity contribution in [3.8, 4) is 0 Å². The molecule has 86 valence electrons. The summed E-state index contributed by atoms with van der Waals surface area (Å²) in [5.74, 6) is 0.0246. The molecule has 15 heavy (non-hydrogen) atoms. The van der Waals surface area contributed by atoms with Gasteiger partial charge in [0, 0.05) is 19.0 Å². The van der Waals surface area contributed by atoms with Crippen LogP contribution in [0.1, 0.15) is 32.1 Å². The highest BCUT2D eigenvalue weighted by molar-refractivity contribution is 5.82. The van der Waals surface area contributed by atoms with E-state index in [9.17, 15) is 9.90 Å². The molecule has 0 aromatic rings. The van der Waals surface area contributed by atoms with E-state index in [4.69, 9.17) is 5.73 Å². The highest BCUT2D eigenvalue weighted by atomic mass is 16.3. The van der Waals surface area contributed by atoms with Gasteiger partial charge in [0.05, 0.1) is 12.1 Å². The third-order valence-corrected chi connectivity index (χ3v) is 3.70. The molecule has 3 N–H and O–H groups in total. The summed E-state index contributed by atoms with van der Waals surface area (Å²) in [5, 5.41) is 9.70. The van der Waals surface area contributed by atoms with Crippen molar-refractivity contribution in [3.05, 3.63) is 0 Å². The number of carbonyl (C=O) groups is 1. The normalized spacial score (nSPS) is 33.3. The summed E-state index contributed by atoms with van der Waals surface area (Å²) in [5.41, 5.74) is 5.94. The van der Waals surface area contributed by atoms with Crippen LogP contribution in [0.3, 0.4) is 0 Å². The van der Waals surface area contributed by atoms with E-state index in [1.807, 2.05) is 4.90 Å². The number of hydrogen-bond acceptors (Lipinski definition) is 3. The molecule has 1 amide bonds. The highest BCUT2D eigenvalue weighted by Crippen LogP contribution is 2.28. The van der Waals surface area contributed by atoms with E-state index in [2.05, 4.69) is 0 Å². The molecule has 1 unspecified atom stereocenters. The first kappa shape index (κ1) is 10.9. The van der Waals surface area contributed by atoms with Crippen molar-refractivity contribution >= 4 is 5.91 Å². The van der Waals surface area contributed by atoms with Crippen molar-refractivity contribution < 1.29 is 9.90 Å². The highest BCUT2D eigenvalue weighted by Gasteiger charge is 2.36. The van der Waals surface area contributed by atoms with Crippen molar-refractivity contribution in [2.75, 3.05) is 13.1 Å². The molecule has 0 spiro atoms. The number of hydrogen-bond donors (Lipinski definition) is 2. The average molecular weight is 212 g/mol. The topological polar surface area (TPSA) is 66.6 Å². The van der Waals surface area contributed by atoms with Crippen LogP contribution in [0.25, 0.3) is 0 Å². The van der Waals surface area contributed by atoms with Gasteiger partial charge in [0.1, 0.15) is 0 Å². The summed E-state index contributed by atoms with van der Waals surface area (Å²) in [6.45, 7) is 1.69. The van der Waals surface area contributed by atoms with Crippen LogP contribution < -0.4 is 5.73 Å². The lowest BCUT2D eigenvalue weighted by Gasteiger charge is -2.26. The summed E-state index contributed by atoms with van der Waals surface area (Å²) in [6.07, 6.45) is 4.49. The molecular formula is C11H20N2O2. The zero-order chi connectivity index (χ0) is 10.8. The fraction of sp³-hybridized carbons (Fsp3) is 0.909. The Balaban J connectivity index is 1.94. The quantitative estimate of drug-likeness (QED) is 0.682. The molecule has 1 aliphatic heterocycles. The predicted octanol–water partition coefficient (Wildman–Crippen LogP) is 0.0971. The summed E-state index contributed by atoms with van der Waals surface area (Å²) >= 11 is 0. The maximum Gasteiger partial charge on any atom is 0.239 e. The zero-order valence-electron chi connectivity index (χ0n) is 9.06. The number of aliphatic hydroxyl groups is 1. The van der Waals surface area contributed by atoms with Crippen LogP contribution in [-0.2, 0) is 4.79 Å². The van der Waals surface area contributed by atoms with E-state index in [1.165, 1.54) is 0 Å². The van der Waals surface area contributed by atoms with Crippen LogP contribution in [0.5, 0.6) is 0 Å². The van der Waals surface area contributed by atoms with E-state index in [1.54, 1.807) is 0 Å². The van der Waals surface area contributed by atoms with Crippen molar-refractivity contribution in [3.63, 3.8) is 0 Å². The van der Waals surface area contributed by atoms with Gasteiger partial charge in [-0.05, 0) is 25.7 Å². The Morgan fingerprint density at radius 1 is 1.27 bits per heavy atom. The molecule has 0 bridgehead atoms. The first-order valence-electron chi connectivity index (χ1n) is 5.92. The minimum Gasteiger partial charge on any atom is -0.393 e. The fourth-order valence-electron chi connectivity index (χ4n) is 2.72. The standard InChI is InChI=1S/C11H20N2O2/c12-10(8-4-3-5-9(8)14)11(15)13-6-1-2-7-13/h8-10,14H,1-7,12H2/t8-,9+,10?/m1/s1. The summed E-state index contributed by atoms with van der Waals surface area (Å²) in [4.78, 5) is 13.8. The van der Waals surface area contributed by atoms with Crippen LogP contribution in [0, 0.1) is 5.92 Å². The van der Waals surface area contributed by atoms with Crippen molar-refractivity contribution in [2.24, 2.45) is 11.7 Å². The maximum atomic E-state index is 12.0. The van der Waals surface area contributed by atoms with Crippen molar-refractivity contribution in [2.45, 2.75) is 44.2 Å². The Morgan fingerprint density at radius 3 is 2.47 bits per heavy atom. The third kappa shape index (κ3) is 2.16. The smallest absolute Gasteiger partial charge is 0.239 e. The summed E-state index contributed by atoms with van der Waals surface area (Å²) in [6, 6.07) is -0.486. The predicted molar refractivity (Wildman–Crippen MR) is 57.1 cm³/mol. The Hall–Kier alpha value is -0.610. The number of aliphatic hydroxyl groups excluding tert-OH is 1. The molecular weight excluding hydrogens is 192 g/mol. The second-order valence-electron chi connectivity index (χ2n) is 4.72. The van der Waals surface area contributed by atoms with E-state index in [0.29, 0.717) is 0 Å². The van der Waals surface area contributed by atoms with E-state index in [-0.39, 0.29) is 17.9 Å². The average Bonchev–Trinajstić information content (AvgIpc) is 2.85. The molecule has 1 heterocycles. The monoisotopic (exact) mass is 212 g/mol.